The summed E-state index contributed by atoms with van der Waals surface area (Å²) in [5, 5.41) is 12.5. The number of carbonyl (C=O) groups excluding carboxylic acids is 2. The zero-order chi connectivity index (χ0) is 26.6. The Kier molecular flexibility index (Phi) is 10.2. The molecule has 1 unspecified atom stereocenters. The Labute approximate surface area is 222 Å². The lowest BCUT2D eigenvalue weighted by Gasteiger charge is -2.57. The molecular weight excluding hydrogens is 507 g/mol. The van der Waals surface area contributed by atoms with E-state index in [2.05, 4.69) is 25.0 Å². The van der Waals surface area contributed by atoms with E-state index in [1.54, 1.807) is 7.11 Å². The van der Waals surface area contributed by atoms with E-state index < -0.39 is 25.4 Å². The van der Waals surface area contributed by atoms with Gasteiger partial charge in [-0.3, -0.25) is 9.59 Å². The van der Waals surface area contributed by atoms with Gasteiger partial charge in [-0.25, -0.2) is 0 Å². The maximum Gasteiger partial charge on any atom is 0.322 e. The highest BCUT2D eigenvalue weighted by molar-refractivity contribution is 6.87. The quantitative estimate of drug-likeness (QED) is 0.252. The third kappa shape index (κ3) is 8.84. The van der Waals surface area contributed by atoms with Crippen LogP contribution >= 0.6 is 0 Å². The van der Waals surface area contributed by atoms with Crippen LogP contribution in [-0.2, 0) is 22.2 Å². The van der Waals surface area contributed by atoms with Crippen molar-refractivity contribution in [3.8, 4) is 0 Å². The van der Waals surface area contributed by atoms with Gasteiger partial charge in [-0.2, -0.15) is 0 Å². The summed E-state index contributed by atoms with van der Waals surface area (Å²) in [4.78, 5) is 24.9. The first kappa shape index (κ1) is 30.2. The predicted molar refractivity (Wildman–Crippen MR) is 150 cm³/mol. The van der Waals surface area contributed by atoms with Crippen LogP contribution in [0.5, 0.6) is 0 Å². The van der Waals surface area contributed by atoms with Crippen molar-refractivity contribution in [2.45, 2.75) is 121 Å². The maximum absolute atomic E-state index is 13.0. The Morgan fingerprint density at radius 2 is 1.42 bits per heavy atom. The number of aliphatic hydroxyl groups is 1. The molecule has 0 aromatic heterocycles. The van der Waals surface area contributed by atoms with Crippen molar-refractivity contribution >= 4 is 37.1 Å². The minimum Gasteiger partial charge on any atom is -0.436 e. The van der Waals surface area contributed by atoms with Crippen molar-refractivity contribution in [3.63, 3.8) is 0 Å². The minimum absolute atomic E-state index is 0.0818. The Hall–Kier alpha value is -0.369. The van der Waals surface area contributed by atoms with Crippen molar-refractivity contribution in [1.29, 1.82) is 0 Å². The number of hydrogen-bond acceptors (Lipinski definition) is 6. The number of rotatable bonds is 16. The summed E-state index contributed by atoms with van der Waals surface area (Å²) in [5.41, 5.74) is 0.0818. The summed E-state index contributed by atoms with van der Waals surface area (Å²) in [6.45, 7) is 10.5. The highest BCUT2D eigenvalue weighted by Crippen LogP contribution is 2.55. The van der Waals surface area contributed by atoms with Gasteiger partial charge < -0.3 is 23.1 Å². The molecule has 1 atom stereocenters. The van der Waals surface area contributed by atoms with Crippen molar-refractivity contribution in [1.82, 2.24) is 5.32 Å². The Morgan fingerprint density at radius 1 is 0.861 bits per heavy atom. The van der Waals surface area contributed by atoms with E-state index in [1.165, 1.54) is 38.5 Å². The molecule has 0 spiro atoms. The highest BCUT2D eigenvalue weighted by Gasteiger charge is 2.51. The van der Waals surface area contributed by atoms with Gasteiger partial charge in [0.15, 0.2) is 8.32 Å². The second-order valence-electron chi connectivity index (χ2n) is 13.2. The minimum atomic E-state index is -2.58. The fourth-order valence-electron chi connectivity index (χ4n) is 7.47. The number of amides is 1. The molecule has 36 heavy (non-hydrogen) atoms. The SMILES string of the molecule is CO[Si](C)(C)O[Si](C)(CCCC(=O)CCO)O[Si](C)(C)CCCC(=O)NC12CC3CC(CC(C3)C1)C2. The monoisotopic (exact) mass is 557 g/mol. The first-order chi connectivity index (χ1) is 16.8. The molecule has 4 saturated carbocycles. The zero-order valence-corrected chi connectivity index (χ0v) is 26.6. The predicted octanol–water partition coefficient (Wildman–Crippen LogP) is 5.24. The second-order valence-corrected chi connectivity index (χ2v) is 24.8. The van der Waals surface area contributed by atoms with Crippen LogP contribution in [0, 0.1) is 17.8 Å². The molecule has 7 nitrogen and oxygen atoms in total. The van der Waals surface area contributed by atoms with E-state index in [9.17, 15) is 9.59 Å². The lowest BCUT2D eigenvalue weighted by Crippen LogP contribution is -2.59. The number of Topliss-reactive ketones (excluding diaryl/α,β-unsaturated/α-hetero) is 1. The van der Waals surface area contributed by atoms with Crippen LogP contribution in [0.25, 0.3) is 0 Å². The summed E-state index contributed by atoms with van der Waals surface area (Å²) in [6, 6.07) is 1.64. The van der Waals surface area contributed by atoms with E-state index in [0.717, 1.165) is 36.3 Å². The fraction of sp³-hybridized carbons (Fsp3) is 0.923. The molecule has 0 aromatic carbocycles. The normalized spacial score (nSPS) is 29.2. The van der Waals surface area contributed by atoms with Crippen LogP contribution in [0.15, 0.2) is 0 Å². The summed E-state index contributed by atoms with van der Waals surface area (Å²) >= 11 is 0. The molecular formula is C26H51NO6Si3. The average Bonchev–Trinajstić information content (AvgIpc) is 2.71. The maximum atomic E-state index is 13.0. The summed E-state index contributed by atoms with van der Waals surface area (Å²) < 4.78 is 19.1. The van der Waals surface area contributed by atoms with Crippen LogP contribution in [0.2, 0.25) is 44.8 Å². The van der Waals surface area contributed by atoms with Gasteiger partial charge in [-0.15, -0.1) is 0 Å². The highest BCUT2D eigenvalue weighted by atomic mass is 28.5. The van der Waals surface area contributed by atoms with Crippen LogP contribution in [0.3, 0.4) is 0 Å². The molecule has 4 aliphatic rings. The molecule has 10 heteroatoms. The number of hydrogen-bond donors (Lipinski definition) is 2. The molecule has 4 rings (SSSR count). The molecule has 4 bridgehead atoms. The van der Waals surface area contributed by atoms with Gasteiger partial charge in [0.05, 0.1) is 0 Å². The topological polar surface area (TPSA) is 94.1 Å². The first-order valence-electron chi connectivity index (χ1n) is 14.2. The first-order valence-corrected chi connectivity index (χ1v) is 22.6. The van der Waals surface area contributed by atoms with Crippen LogP contribution in [0.1, 0.15) is 70.6 Å². The van der Waals surface area contributed by atoms with Crippen molar-refractivity contribution < 1.29 is 27.4 Å². The van der Waals surface area contributed by atoms with Gasteiger partial charge in [0.2, 0.25) is 5.91 Å². The van der Waals surface area contributed by atoms with E-state index in [4.69, 9.17) is 17.8 Å². The van der Waals surface area contributed by atoms with Gasteiger partial charge in [0, 0.05) is 38.5 Å². The summed E-state index contributed by atoms with van der Waals surface area (Å²) in [5.74, 6) is 2.79. The van der Waals surface area contributed by atoms with Gasteiger partial charge in [-0.1, -0.05) is 0 Å². The molecule has 0 aromatic rings. The van der Waals surface area contributed by atoms with E-state index >= 15 is 0 Å². The number of carbonyl (C=O) groups is 2. The number of nitrogens with one attached hydrogen (secondary N) is 1. The van der Waals surface area contributed by atoms with Gasteiger partial charge in [-0.05, 0) is 114 Å². The molecule has 0 heterocycles. The number of aliphatic hydroxyl groups excluding tert-OH is 1. The van der Waals surface area contributed by atoms with Crippen LogP contribution in [-0.4, -0.2) is 61.5 Å². The molecule has 208 valence electrons. The lowest BCUT2D eigenvalue weighted by atomic mass is 9.53. The van der Waals surface area contributed by atoms with E-state index in [1.807, 2.05) is 13.1 Å². The number of ketones is 1. The third-order valence-electron chi connectivity index (χ3n) is 8.55. The van der Waals surface area contributed by atoms with Gasteiger partial charge in [0.1, 0.15) is 5.78 Å². The summed E-state index contributed by atoms with van der Waals surface area (Å²) in [6.07, 6.45) is 10.5. The Balaban J connectivity index is 1.49. The lowest BCUT2D eigenvalue weighted by molar-refractivity contribution is -0.127. The van der Waals surface area contributed by atoms with Crippen molar-refractivity contribution in [3.05, 3.63) is 0 Å². The summed E-state index contributed by atoms with van der Waals surface area (Å²) in [7, 11) is -5.31. The molecule has 4 aliphatic carbocycles. The molecule has 1 amide bonds. The molecule has 0 radical (unpaired) electrons. The van der Waals surface area contributed by atoms with Crippen molar-refractivity contribution in [2.75, 3.05) is 13.7 Å². The standard InChI is InChI=1S/C26H51NO6Si3/c1-31-35(4,5)33-36(6,14-7-9-24(29)11-12-28)32-34(2,3)13-8-10-25(30)27-26-18-21-15-22(19-26)17-23(16-21)20-26/h21-23,28H,7-20H2,1-6H3,(H,27,30). The third-order valence-corrected chi connectivity index (χ3v) is 20.0. The Morgan fingerprint density at radius 3 is 1.94 bits per heavy atom. The molecule has 0 aliphatic heterocycles. The van der Waals surface area contributed by atoms with Crippen LogP contribution in [0.4, 0.5) is 0 Å². The average molecular weight is 558 g/mol. The largest absolute Gasteiger partial charge is 0.436 e. The molecule has 4 fully saturated rings. The van der Waals surface area contributed by atoms with E-state index in [0.29, 0.717) is 19.3 Å². The van der Waals surface area contributed by atoms with Gasteiger partial charge in [0.25, 0.3) is 0 Å². The molecule has 0 saturated heterocycles. The fourth-order valence-corrected chi connectivity index (χ4v) is 20.3. The van der Waals surface area contributed by atoms with Gasteiger partial charge >= 0.3 is 17.1 Å². The zero-order valence-electron chi connectivity index (χ0n) is 23.6. The van der Waals surface area contributed by atoms with Crippen molar-refractivity contribution in [2.24, 2.45) is 17.8 Å². The van der Waals surface area contributed by atoms with Crippen LogP contribution < -0.4 is 5.32 Å². The second kappa shape index (κ2) is 12.2. The molecule has 2 N–H and O–H groups in total. The van der Waals surface area contributed by atoms with E-state index in [-0.39, 0.29) is 30.3 Å². The Bertz CT molecular complexity index is 741. The smallest absolute Gasteiger partial charge is 0.322 e.